The molecule has 2 unspecified atom stereocenters. The number of nitrogens with one attached hydrogen (secondary N) is 2. The van der Waals surface area contributed by atoms with Crippen LogP contribution in [0, 0.1) is 11.8 Å². The third-order valence-corrected chi connectivity index (χ3v) is 4.44. The summed E-state index contributed by atoms with van der Waals surface area (Å²) in [5.41, 5.74) is 0. The van der Waals surface area contributed by atoms with Crippen molar-refractivity contribution in [1.29, 1.82) is 0 Å². The summed E-state index contributed by atoms with van der Waals surface area (Å²) < 4.78 is 38.1. The highest BCUT2D eigenvalue weighted by Gasteiger charge is 2.42. The summed E-state index contributed by atoms with van der Waals surface area (Å²) in [7, 11) is 0. The smallest absolute Gasteiger partial charge is 0.353 e. The standard InChI is InChI=1S/C14H23F3N2O/c15-14(16,17)11-2-1-3-12(9-11)19-13(20)8-10-4-6-18-7-5-10/h10-12,18H,1-9H2,(H,19,20). The van der Waals surface area contributed by atoms with Gasteiger partial charge in [-0.25, -0.2) is 0 Å². The van der Waals surface area contributed by atoms with Gasteiger partial charge in [-0.2, -0.15) is 13.2 Å². The molecule has 20 heavy (non-hydrogen) atoms. The molecule has 0 aromatic carbocycles. The van der Waals surface area contributed by atoms with E-state index in [4.69, 9.17) is 0 Å². The van der Waals surface area contributed by atoms with Crippen molar-refractivity contribution in [3.63, 3.8) is 0 Å². The minimum atomic E-state index is -4.13. The molecule has 1 saturated heterocycles. The van der Waals surface area contributed by atoms with E-state index in [0.717, 1.165) is 25.9 Å². The van der Waals surface area contributed by atoms with Gasteiger partial charge >= 0.3 is 6.18 Å². The molecule has 1 amide bonds. The Hall–Kier alpha value is -0.780. The largest absolute Gasteiger partial charge is 0.391 e. The van der Waals surface area contributed by atoms with Gasteiger partial charge in [-0.15, -0.1) is 0 Å². The van der Waals surface area contributed by atoms with Crippen molar-refractivity contribution in [2.45, 2.75) is 57.2 Å². The van der Waals surface area contributed by atoms with E-state index < -0.39 is 12.1 Å². The highest BCUT2D eigenvalue weighted by atomic mass is 19.4. The highest BCUT2D eigenvalue weighted by Crippen LogP contribution is 2.37. The van der Waals surface area contributed by atoms with Crippen LogP contribution >= 0.6 is 0 Å². The summed E-state index contributed by atoms with van der Waals surface area (Å²) in [6, 6.07) is -0.301. The lowest BCUT2D eigenvalue weighted by Gasteiger charge is -2.31. The fourth-order valence-electron chi connectivity index (χ4n) is 3.25. The quantitative estimate of drug-likeness (QED) is 0.839. The first-order valence-electron chi connectivity index (χ1n) is 7.52. The number of piperidine rings is 1. The number of carbonyl (C=O) groups is 1. The molecule has 1 aliphatic heterocycles. The fraction of sp³-hybridized carbons (Fsp3) is 0.929. The molecule has 116 valence electrons. The Morgan fingerprint density at radius 2 is 1.85 bits per heavy atom. The van der Waals surface area contributed by atoms with Crippen LogP contribution in [0.2, 0.25) is 0 Å². The Kier molecular flexibility index (Phi) is 5.29. The summed E-state index contributed by atoms with van der Waals surface area (Å²) in [4.78, 5) is 11.9. The molecule has 6 heteroatoms. The minimum absolute atomic E-state index is 0.0431. The van der Waals surface area contributed by atoms with E-state index in [1.165, 1.54) is 0 Å². The predicted molar refractivity (Wildman–Crippen MR) is 70.2 cm³/mol. The van der Waals surface area contributed by atoms with Crippen LogP contribution in [-0.2, 0) is 4.79 Å². The van der Waals surface area contributed by atoms with Gasteiger partial charge in [0.2, 0.25) is 5.91 Å². The molecule has 3 nitrogen and oxygen atoms in total. The van der Waals surface area contributed by atoms with Crippen LogP contribution in [0.1, 0.15) is 44.9 Å². The van der Waals surface area contributed by atoms with Crippen molar-refractivity contribution >= 4 is 5.91 Å². The first-order valence-corrected chi connectivity index (χ1v) is 7.52. The molecule has 1 saturated carbocycles. The second-order valence-electron chi connectivity index (χ2n) is 6.07. The normalized spacial score (nSPS) is 29.1. The molecule has 1 aliphatic carbocycles. The lowest BCUT2D eigenvalue weighted by molar-refractivity contribution is -0.184. The summed E-state index contributed by atoms with van der Waals surface area (Å²) in [5.74, 6) is -0.955. The summed E-state index contributed by atoms with van der Waals surface area (Å²) in [6.45, 7) is 1.86. The lowest BCUT2D eigenvalue weighted by atomic mass is 9.85. The average molecular weight is 292 g/mol. The molecule has 2 fully saturated rings. The van der Waals surface area contributed by atoms with Crippen molar-refractivity contribution in [1.82, 2.24) is 10.6 Å². The van der Waals surface area contributed by atoms with Gasteiger partial charge in [0.25, 0.3) is 0 Å². The zero-order valence-corrected chi connectivity index (χ0v) is 11.6. The minimum Gasteiger partial charge on any atom is -0.353 e. The van der Waals surface area contributed by atoms with Crippen molar-refractivity contribution < 1.29 is 18.0 Å². The van der Waals surface area contributed by atoms with E-state index in [2.05, 4.69) is 10.6 Å². The monoisotopic (exact) mass is 292 g/mol. The zero-order valence-electron chi connectivity index (χ0n) is 11.6. The molecule has 0 radical (unpaired) electrons. The van der Waals surface area contributed by atoms with Crippen LogP contribution in [0.5, 0.6) is 0 Å². The molecule has 1 heterocycles. The summed E-state index contributed by atoms with van der Waals surface area (Å²) in [5, 5.41) is 6.04. The topological polar surface area (TPSA) is 41.1 Å². The van der Waals surface area contributed by atoms with Gasteiger partial charge < -0.3 is 10.6 Å². The van der Waals surface area contributed by atoms with Crippen molar-refractivity contribution in [3.8, 4) is 0 Å². The molecule has 2 aliphatic rings. The third-order valence-electron chi connectivity index (χ3n) is 4.44. The van der Waals surface area contributed by atoms with E-state index in [-0.39, 0.29) is 24.8 Å². The van der Waals surface area contributed by atoms with Crippen LogP contribution in [0.15, 0.2) is 0 Å². The average Bonchev–Trinajstić information content (AvgIpc) is 2.39. The molecule has 0 aromatic rings. The number of amides is 1. The van der Waals surface area contributed by atoms with E-state index in [1.54, 1.807) is 0 Å². The van der Waals surface area contributed by atoms with Gasteiger partial charge in [0.05, 0.1) is 5.92 Å². The molecular formula is C14H23F3N2O. The van der Waals surface area contributed by atoms with E-state index in [9.17, 15) is 18.0 Å². The SMILES string of the molecule is O=C(CC1CCNCC1)NC1CCCC(C(F)(F)F)C1. The maximum atomic E-state index is 12.7. The van der Waals surface area contributed by atoms with E-state index >= 15 is 0 Å². The Labute approximate surface area is 117 Å². The van der Waals surface area contributed by atoms with Crippen molar-refractivity contribution in [2.75, 3.05) is 13.1 Å². The van der Waals surface area contributed by atoms with Gasteiger partial charge in [0.1, 0.15) is 0 Å². The van der Waals surface area contributed by atoms with Crippen LogP contribution in [0.4, 0.5) is 13.2 Å². The van der Waals surface area contributed by atoms with Crippen molar-refractivity contribution in [3.05, 3.63) is 0 Å². The van der Waals surface area contributed by atoms with E-state index in [1.807, 2.05) is 0 Å². The van der Waals surface area contributed by atoms with Gasteiger partial charge in [-0.3, -0.25) is 4.79 Å². The second kappa shape index (κ2) is 6.78. The third kappa shape index (κ3) is 4.65. The van der Waals surface area contributed by atoms with Crippen LogP contribution < -0.4 is 10.6 Å². The van der Waals surface area contributed by atoms with Crippen molar-refractivity contribution in [2.24, 2.45) is 11.8 Å². The Morgan fingerprint density at radius 1 is 1.15 bits per heavy atom. The maximum Gasteiger partial charge on any atom is 0.391 e. The Morgan fingerprint density at radius 3 is 2.50 bits per heavy atom. The lowest BCUT2D eigenvalue weighted by Crippen LogP contribution is -2.42. The maximum absolute atomic E-state index is 12.7. The molecule has 2 atom stereocenters. The number of hydrogen-bond acceptors (Lipinski definition) is 2. The van der Waals surface area contributed by atoms with Crippen LogP contribution in [-0.4, -0.2) is 31.2 Å². The molecular weight excluding hydrogens is 269 g/mol. The first kappa shape index (κ1) is 15.6. The van der Waals surface area contributed by atoms with Crippen LogP contribution in [0.25, 0.3) is 0 Å². The Bertz CT molecular complexity index is 327. The number of hydrogen-bond donors (Lipinski definition) is 2. The van der Waals surface area contributed by atoms with Gasteiger partial charge in [-0.1, -0.05) is 6.42 Å². The van der Waals surface area contributed by atoms with Gasteiger partial charge in [0.15, 0.2) is 0 Å². The highest BCUT2D eigenvalue weighted by molar-refractivity contribution is 5.76. The molecule has 0 bridgehead atoms. The number of carbonyl (C=O) groups excluding carboxylic acids is 1. The number of halogens is 3. The van der Waals surface area contributed by atoms with Gasteiger partial charge in [-0.05, 0) is 51.1 Å². The summed E-state index contributed by atoms with van der Waals surface area (Å²) >= 11 is 0. The molecule has 0 aromatic heterocycles. The van der Waals surface area contributed by atoms with Gasteiger partial charge in [0, 0.05) is 12.5 Å². The van der Waals surface area contributed by atoms with Crippen LogP contribution in [0.3, 0.4) is 0 Å². The number of alkyl halides is 3. The fourth-order valence-corrected chi connectivity index (χ4v) is 3.25. The molecule has 2 rings (SSSR count). The predicted octanol–water partition coefficient (Wildman–Crippen LogP) is 2.61. The second-order valence-corrected chi connectivity index (χ2v) is 6.07. The summed E-state index contributed by atoms with van der Waals surface area (Å²) in [6.07, 6.45) is -0.265. The van der Waals surface area contributed by atoms with E-state index in [0.29, 0.717) is 25.2 Å². The zero-order chi connectivity index (χ0) is 14.6. The molecule has 2 N–H and O–H groups in total. The Balaban J connectivity index is 1.75. The number of rotatable bonds is 3. The molecule has 0 spiro atoms. The first-order chi connectivity index (χ1) is 9.45.